The molecule has 0 aliphatic carbocycles. The standard InChI is InChI=1S/C23H41N/c1-5-7-8-9-10-11-12-13-17-20-23(24(3)4)22(6-2)21-18-15-14-16-19-21/h14-16,18-19,22-23H,5-13,17,20H2,1-4H3. The fourth-order valence-electron chi connectivity index (χ4n) is 3.91. The van der Waals surface area contributed by atoms with Crippen LogP contribution in [0.2, 0.25) is 0 Å². The molecule has 1 heteroatoms. The first-order valence-electron chi connectivity index (χ1n) is 10.4. The minimum absolute atomic E-state index is 0.662. The summed E-state index contributed by atoms with van der Waals surface area (Å²) in [5.41, 5.74) is 1.51. The van der Waals surface area contributed by atoms with Crippen LogP contribution in [-0.2, 0) is 0 Å². The van der Waals surface area contributed by atoms with Crippen molar-refractivity contribution in [2.24, 2.45) is 0 Å². The molecule has 1 nitrogen and oxygen atoms in total. The Kier molecular flexibility index (Phi) is 11.9. The first-order valence-corrected chi connectivity index (χ1v) is 10.4. The zero-order chi connectivity index (χ0) is 17.6. The highest BCUT2D eigenvalue weighted by Gasteiger charge is 2.22. The Morgan fingerprint density at radius 3 is 1.79 bits per heavy atom. The smallest absolute Gasteiger partial charge is 0.0158 e. The van der Waals surface area contributed by atoms with Crippen LogP contribution < -0.4 is 0 Å². The van der Waals surface area contributed by atoms with Crippen molar-refractivity contribution in [2.45, 2.75) is 96.4 Å². The Morgan fingerprint density at radius 2 is 1.29 bits per heavy atom. The number of hydrogen-bond acceptors (Lipinski definition) is 1. The zero-order valence-corrected chi connectivity index (χ0v) is 16.8. The van der Waals surface area contributed by atoms with Gasteiger partial charge in [-0.25, -0.2) is 0 Å². The highest BCUT2D eigenvalue weighted by atomic mass is 15.1. The largest absolute Gasteiger partial charge is 0.306 e. The molecule has 0 fully saturated rings. The van der Waals surface area contributed by atoms with Gasteiger partial charge in [0.25, 0.3) is 0 Å². The lowest BCUT2D eigenvalue weighted by atomic mass is 9.85. The molecule has 0 radical (unpaired) electrons. The van der Waals surface area contributed by atoms with Crippen molar-refractivity contribution in [2.75, 3.05) is 14.1 Å². The molecule has 0 aliphatic rings. The third kappa shape index (κ3) is 8.33. The fourth-order valence-corrected chi connectivity index (χ4v) is 3.91. The van der Waals surface area contributed by atoms with Crippen LogP contribution in [0.5, 0.6) is 0 Å². The molecule has 0 N–H and O–H groups in total. The summed E-state index contributed by atoms with van der Waals surface area (Å²) >= 11 is 0. The van der Waals surface area contributed by atoms with Crippen molar-refractivity contribution in [1.29, 1.82) is 0 Å². The van der Waals surface area contributed by atoms with Gasteiger partial charge < -0.3 is 4.90 Å². The van der Waals surface area contributed by atoms with E-state index in [2.05, 4.69) is 63.2 Å². The van der Waals surface area contributed by atoms with Crippen LogP contribution in [0.25, 0.3) is 0 Å². The topological polar surface area (TPSA) is 3.24 Å². The molecule has 0 bridgehead atoms. The van der Waals surface area contributed by atoms with Gasteiger partial charge in [0.05, 0.1) is 0 Å². The molecule has 0 amide bonds. The predicted molar refractivity (Wildman–Crippen MR) is 109 cm³/mol. The van der Waals surface area contributed by atoms with Gasteiger partial charge in [-0.2, -0.15) is 0 Å². The molecule has 2 atom stereocenters. The SMILES string of the molecule is CCCCCCCCCCCC(C(CC)c1ccccc1)N(C)C. The summed E-state index contributed by atoms with van der Waals surface area (Å²) < 4.78 is 0. The quantitative estimate of drug-likeness (QED) is 0.331. The molecule has 0 spiro atoms. The Labute approximate surface area is 151 Å². The number of rotatable bonds is 14. The van der Waals surface area contributed by atoms with Crippen molar-refractivity contribution in [3.63, 3.8) is 0 Å². The summed E-state index contributed by atoms with van der Waals surface area (Å²) in [7, 11) is 4.51. The second-order valence-corrected chi connectivity index (χ2v) is 7.57. The van der Waals surface area contributed by atoms with E-state index in [0.717, 1.165) is 0 Å². The second-order valence-electron chi connectivity index (χ2n) is 7.57. The van der Waals surface area contributed by atoms with Crippen LogP contribution in [-0.4, -0.2) is 25.0 Å². The van der Waals surface area contributed by atoms with E-state index in [1.54, 1.807) is 0 Å². The van der Waals surface area contributed by atoms with Crippen LogP contribution in [0.3, 0.4) is 0 Å². The van der Waals surface area contributed by atoms with Gasteiger partial charge in [-0.05, 0) is 38.4 Å². The highest BCUT2D eigenvalue weighted by Crippen LogP contribution is 2.29. The Hall–Kier alpha value is -0.820. The molecule has 2 unspecified atom stereocenters. The minimum Gasteiger partial charge on any atom is -0.306 e. The molecule has 24 heavy (non-hydrogen) atoms. The lowest BCUT2D eigenvalue weighted by molar-refractivity contribution is 0.229. The molecular formula is C23H41N. The van der Waals surface area contributed by atoms with Gasteiger partial charge in [0, 0.05) is 6.04 Å². The van der Waals surface area contributed by atoms with Crippen molar-refractivity contribution < 1.29 is 0 Å². The van der Waals surface area contributed by atoms with Crippen LogP contribution >= 0.6 is 0 Å². The molecule has 1 aromatic rings. The van der Waals surface area contributed by atoms with E-state index in [1.807, 2.05) is 0 Å². The molecule has 0 saturated heterocycles. The molecule has 1 rings (SSSR count). The normalized spacial score (nSPS) is 14.0. The van der Waals surface area contributed by atoms with Gasteiger partial charge in [-0.1, -0.05) is 102 Å². The Bertz CT molecular complexity index is 384. The van der Waals surface area contributed by atoms with Gasteiger partial charge in [0.1, 0.15) is 0 Å². The average Bonchev–Trinajstić information content (AvgIpc) is 2.60. The third-order valence-corrected chi connectivity index (χ3v) is 5.40. The van der Waals surface area contributed by atoms with Crippen molar-refractivity contribution in [1.82, 2.24) is 4.90 Å². The van der Waals surface area contributed by atoms with Gasteiger partial charge in [-0.3, -0.25) is 0 Å². The van der Waals surface area contributed by atoms with Gasteiger partial charge in [0.2, 0.25) is 0 Å². The van der Waals surface area contributed by atoms with Crippen molar-refractivity contribution in [3.05, 3.63) is 35.9 Å². The first kappa shape index (κ1) is 21.2. The van der Waals surface area contributed by atoms with Gasteiger partial charge in [0.15, 0.2) is 0 Å². The Balaban J connectivity index is 2.30. The Morgan fingerprint density at radius 1 is 0.750 bits per heavy atom. The lowest BCUT2D eigenvalue weighted by Gasteiger charge is -2.32. The number of benzene rings is 1. The van der Waals surface area contributed by atoms with E-state index in [1.165, 1.54) is 76.2 Å². The van der Waals surface area contributed by atoms with E-state index in [-0.39, 0.29) is 0 Å². The van der Waals surface area contributed by atoms with E-state index in [4.69, 9.17) is 0 Å². The van der Waals surface area contributed by atoms with Crippen LogP contribution in [0.1, 0.15) is 96.0 Å². The summed E-state index contributed by atoms with van der Waals surface area (Å²) in [5.74, 6) is 0.662. The maximum atomic E-state index is 2.45. The predicted octanol–water partition coefficient (Wildman–Crippen LogP) is 7.03. The fraction of sp³-hybridized carbons (Fsp3) is 0.739. The summed E-state index contributed by atoms with van der Waals surface area (Å²) in [6.07, 6.45) is 15.3. The summed E-state index contributed by atoms with van der Waals surface area (Å²) in [6.45, 7) is 4.63. The van der Waals surface area contributed by atoms with Crippen LogP contribution in [0.4, 0.5) is 0 Å². The monoisotopic (exact) mass is 331 g/mol. The molecule has 0 aliphatic heterocycles. The number of hydrogen-bond donors (Lipinski definition) is 0. The first-order chi connectivity index (χ1) is 11.7. The van der Waals surface area contributed by atoms with E-state index in [0.29, 0.717) is 12.0 Å². The van der Waals surface area contributed by atoms with E-state index < -0.39 is 0 Å². The molecule has 0 saturated carbocycles. The highest BCUT2D eigenvalue weighted by molar-refractivity contribution is 5.21. The molecule has 0 aromatic heterocycles. The average molecular weight is 332 g/mol. The third-order valence-electron chi connectivity index (χ3n) is 5.40. The summed E-state index contributed by atoms with van der Waals surface area (Å²) in [5, 5.41) is 0. The number of nitrogens with zero attached hydrogens (tertiary/aromatic N) is 1. The van der Waals surface area contributed by atoms with Crippen molar-refractivity contribution in [3.8, 4) is 0 Å². The second kappa shape index (κ2) is 13.5. The van der Waals surface area contributed by atoms with Gasteiger partial charge in [-0.15, -0.1) is 0 Å². The van der Waals surface area contributed by atoms with Crippen molar-refractivity contribution >= 4 is 0 Å². The molecule has 1 aromatic carbocycles. The number of unbranched alkanes of at least 4 members (excludes halogenated alkanes) is 8. The molecule has 138 valence electrons. The zero-order valence-electron chi connectivity index (χ0n) is 16.8. The lowest BCUT2D eigenvalue weighted by Crippen LogP contribution is -2.33. The minimum atomic E-state index is 0.662. The maximum Gasteiger partial charge on any atom is 0.0158 e. The van der Waals surface area contributed by atoms with E-state index >= 15 is 0 Å². The van der Waals surface area contributed by atoms with Crippen LogP contribution in [0, 0.1) is 0 Å². The summed E-state index contributed by atoms with van der Waals surface area (Å²) in [4.78, 5) is 2.45. The van der Waals surface area contributed by atoms with Gasteiger partial charge >= 0.3 is 0 Å². The molecule has 0 heterocycles. The molecular weight excluding hydrogens is 290 g/mol. The number of likely N-dealkylation sites (N-methyl/N-ethyl adjacent to an activating group) is 1. The van der Waals surface area contributed by atoms with E-state index in [9.17, 15) is 0 Å². The maximum absolute atomic E-state index is 2.45. The summed E-state index contributed by atoms with van der Waals surface area (Å²) in [6, 6.07) is 11.8. The van der Waals surface area contributed by atoms with Crippen LogP contribution in [0.15, 0.2) is 30.3 Å².